The van der Waals surface area contributed by atoms with Gasteiger partial charge in [-0.25, -0.2) is 4.79 Å². The number of benzene rings is 1. The first-order chi connectivity index (χ1) is 10.5. The number of aryl methyl sites for hydroxylation is 1. The van der Waals surface area contributed by atoms with Gasteiger partial charge in [0.2, 0.25) is 0 Å². The molecule has 0 bridgehead atoms. The number of hydrogen-bond acceptors (Lipinski definition) is 2. The van der Waals surface area contributed by atoms with E-state index in [2.05, 4.69) is 49.2 Å². The van der Waals surface area contributed by atoms with Gasteiger partial charge in [-0.2, -0.15) is 0 Å². The molecule has 1 heterocycles. The quantitative estimate of drug-likeness (QED) is 0.928. The Morgan fingerprint density at radius 3 is 2.55 bits per heavy atom. The number of hydrogen-bond donors (Lipinski definition) is 1. The summed E-state index contributed by atoms with van der Waals surface area (Å²) in [6, 6.07) is 6.43. The molecule has 1 aromatic rings. The maximum atomic E-state index is 12.1. The largest absolute Gasteiger partial charge is 0.368 e. The third-order valence-electron chi connectivity index (χ3n) is 4.48. The molecule has 0 spiro atoms. The third kappa shape index (κ3) is 3.81. The SMILES string of the molecule is CC/C(C)=C/NC(=O)N1CCN(c2cccc(C)c2C)CC1. The van der Waals surface area contributed by atoms with Crippen molar-refractivity contribution < 1.29 is 4.79 Å². The molecule has 0 unspecified atom stereocenters. The molecule has 0 saturated carbocycles. The summed E-state index contributed by atoms with van der Waals surface area (Å²) >= 11 is 0. The van der Waals surface area contributed by atoms with Crippen LogP contribution in [0.1, 0.15) is 31.4 Å². The monoisotopic (exact) mass is 301 g/mol. The molecular weight excluding hydrogens is 274 g/mol. The zero-order valence-electron chi connectivity index (χ0n) is 14.1. The zero-order chi connectivity index (χ0) is 16.1. The molecule has 1 aliphatic rings. The van der Waals surface area contributed by atoms with E-state index in [1.165, 1.54) is 22.4 Å². The number of allylic oxidation sites excluding steroid dienone is 1. The molecule has 0 aliphatic carbocycles. The molecule has 2 rings (SSSR count). The van der Waals surface area contributed by atoms with Crippen molar-refractivity contribution in [2.75, 3.05) is 31.1 Å². The minimum Gasteiger partial charge on any atom is -0.368 e. The average Bonchev–Trinajstić information content (AvgIpc) is 2.55. The Morgan fingerprint density at radius 1 is 1.23 bits per heavy atom. The number of carbonyl (C=O) groups excluding carboxylic acids is 1. The van der Waals surface area contributed by atoms with Gasteiger partial charge in [0.15, 0.2) is 0 Å². The van der Waals surface area contributed by atoms with Crippen LogP contribution in [-0.2, 0) is 0 Å². The van der Waals surface area contributed by atoms with E-state index in [-0.39, 0.29) is 6.03 Å². The van der Waals surface area contributed by atoms with Crippen molar-refractivity contribution in [3.05, 3.63) is 41.1 Å². The molecule has 22 heavy (non-hydrogen) atoms. The minimum atomic E-state index is 0.00779. The summed E-state index contributed by atoms with van der Waals surface area (Å²) < 4.78 is 0. The van der Waals surface area contributed by atoms with E-state index in [4.69, 9.17) is 0 Å². The number of nitrogens with one attached hydrogen (secondary N) is 1. The lowest BCUT2D eigenvalue weighted by atomic mass is 10.1. The van der Waals surface area contributed by atoms with E-state index in [9.17, 15) is 4.79 Å². The summed E-state index contributed by atoms with van der Waals surface area (Å²) in [5.41, 5.74) is 5.13. The fraction of sp³-hybridized carbons (Fsp3) is 0.500. The van der Waals surface area contributed by atoms with E-state index in [1.807, 2.05) is 18.0 Å². The second-order valence-electron chi connectivity index (χ2n) is 5.99. The molecule has 2 amide bonds. The van der Waals surface area contributed by atoms with Crippen molar-refractivity contribution in [2.24, 2.45) is 0 Å². The first-order valence-electron chi connectivity index (χ1n) is 8.05. The van der Waals surface area contributed by atoms with Crippen LogP contribution in [0.5, 0.6) is 0 Å². The standard InChI is InChI=1S/C18H27N3O/c1-5-14(2)13-19-18(22)21-11-9-20(10-12-21)17-8-6-7-15(3)16(17)4/h6-8,13H,5,9-12H2,1-4H3,(H,19,22)/b14-13+. The second kappa shape index (κ2) is 7.34. The predicted octanol–water partition coefficient (Wildman–Crippen LogP) is 3.45. The summed E-state index contributed by atoms with van der Waals surface area (Å²) in [5.74, 6) is 0. The van der Waals surface area contributed by atoms with Crippen LogP contribution < -0.4 is 10.2 Å². The summed E-state index contributed by atoms with van der Waals surface area (Å²) in [7, 11) is 0. The van der Waals surface area contributed by atoms with E-state index in [1.54, 1.807) is 0 Å². The summed E-state index contributed by atoms with van der Waals surface area (Å²) in [5, 5.41) is 2.88. The van der Waals surface area contributed by atoms with Crippen LogP contribution in [0.4, 0.5) is 10.5 Å². The molecule has 1 fully saturated rings. The van der Waals surface area contributed by atoms with Crippen LogP contribution in [0.3, 0.4) is 0 Å². The van der Waals surface area contributed by atoms with Gasteiger partial charge in [0, 0.05) is 38.1 Å². The van der Waals surface area contributed by atoms with Crippen molar-refractivity contribution in [3.63, 3.8) is 0 Å². The van der Waals surface area contributed by atoms with Gasteiger partial charge in [0.05, 0.1) is 0 Å². The van der Waals surface area contributed by atoms with Gasteiger partial charge in [0.1, 0.15) is 0 Å². The third-order valence-corrected chi connectivity index (χ3v) is 4.48. The van der Waals surface area contributed by atoms with Crippen LogP contribution in [0.15, 0.2) is 30.0 Å². The molecule has 1 saturated heterocycles. The number of nitrogens with zero attached hydrogens (tertiary/aromatic N) is 2. The highest BCUT2D eigenvalue weighted by atomic mass is 16.2. The van der Waals surface area contributed by atoms with Crippen LogP contribution in [-0.4, -0.2) is 37.1 Å². The lowest BCUT2D eigenvalue weighted by molar-refractivity contribution is 0.198. The molecular formula is C18H27N3O. The first-order valence-corrected chi connectivity index (χ1v) is 8.05. The highest BCUT2D eigenvalue weighted by Crippen LogP contribution is 2.23. The molecule has 0 atom stereocenters. The van der Waals surface area contributed by atoms with E-state index in [0.29, 0.717) is 0 Å². The zero-order valence-corrected chi connectivity index (χ0v) is 14.1. The number of anilines is 1. The lowest BCUT2D eigenvalue weighted by Crippen LogP contribution is -2.51. The van der Waals surface area contributed by atoms with Gasteiger partial charge in [-0.05, 0) is 44.4 Å². The second-order valence-corrected chi connectivity index (χ2v) is 5.99. The Balaban J connectivity index is 1.93. The Kier molecular flexibility index (Phi) is 5.47. The van der Waals surface area contributed by atoms with E-state index < -0.39 is 0 Å². The summed E-state index contributed by atoms with van der Waals surface area (Å²) in [6.45, 7) is 11.7. The van der Waals surface area contributed by atoms with Gasteiger partial charge in [-0.1, -0.05) is 24.6 Å². The van der Waals surface area contributed by atoms with Crippen LogP contribution >= 0.6 is 0 Å². The van der Waals surface area contributed by atoms with Crippen LogP contribution in [0, 0.1) is 13.8 Å². The van der Waals surface area contributed by atoms with Crippen LogP contribution in [0.25, 0.3) is 0 Å². The number of carbonyl (C=O) groups is 1. The molecule has 120 valence electrons. The molecule has 1 aromatic carbocycles. The van der Waals surface area contributed by atoms with Crippen molar-refractivity contribution in [3.8, 4) is 0 Å². The van der Waals surface area contributed by atoms with Crippen molar-refractivity contribution >= 4 is 11.7 Å². The molecule has 0 radical (unpaired) electrons. The highest BCUT2D eigenvalue weighted by molar-refractivity contribution is 5.75. The first kappa shape index (κ1) is 16.4. The lowest BCUT2D eigenvalue weighted by Gasteiger charge is -2.36. The van der Waals surface area contributed by atoms with Crippen molar-refractivity contribution in [1.82, 2.24) is 10.2 Å². The van der Waals surface area contributed by atoms with Crippen LogP contribution in [0.2, 0.25) is 0 Å². The van der Waals surface area contributed by atoms with Crippen molar-refractivity contribution in [2.45, 2.75) is 34.1 Å². The normalized spacial score (nSPS) is 15.9. The van der Waals surface area contributed by atoms with Crippen molar-refractivity contribution in [1.29, 1.82) is 0 Å². The highest BCUT2D eigenvalue weighted by Gasteiger charge is 2.21. The number of rotatable bonds is 3. The molecule has 4 nitrogen and oxygen atoms in total. The average molecular weight is 301 g/mol. The smallest absolute Gasteiger partial charge is 0.321 e. The maximum absolute atomic E-state index is 12.1. The fourth-order valence-electron chi connectivity index (χ4n) is 2.61. The van der Waals surface area contributed by atoms with Gasteiger partial charge >= 0.3 is 6.03 Å². The van der Waals surface area contributed by atoms with Gasteiger partial charge in [-0.3, -0.25) is 0 Å². The minimum absolute atomic E-state index is 0.00779. The number of piperazine rings is 1. The maximum Gasteiger partial charge on any atom is 0.321 e. The predicted molar refractivity (Wildman–Crippen MR) is 92.3 cm³/mol. The fourth-order valence-corrected chi connectivity index (χ4v) is 2.61. The Bertz CT molecular complexity index is 557. The summed E-state index contributed by atoms with van der Waals surface area (Å²) in [6.07, 6.45) is 2.78. The Hall–Kier alpha value is -1.97. The molecule has 0 aromatic heterocycles. The molecule has 4 heteroatoms. The number of amides is 2. The van der Waals surface area contributed by atoms with E-state index in [0.717, 1.165) is 32.6 Å². The molecule has 1 N–H and O–H groups in total. The Morgan fingerprint density at radius 2 is 1.91 bits per heavy atom. The van der Waals surface area contributed by atoms with E-state index >= 15 is 0 Å². The van der Waals surface area contributed by atoms with Gasteiger partial charge in [0.25, 0.3) is 0 Å². The van der Waals surface area contributed by atoms with Gasteiger partial charge < -0.3 is 15.1 Å². The Labute approximate surface area is 133 Å². The topological polar surface area (TPSA) is 35.6 Å². The van der Waals surface area contributed by atoms with Gasteiger partial charge in [-0.15, -0.1) is 0 Å². The summed E-state index contributed by atoms with van der Waals surface area (Å²) in [4.78, 5) is 16.4. The molecule has 1 aliphatic heterocycles. The number of urea groups is 1.